The molecule has 0 saturated heterocycles. The van der Waals surface area contributed by atoms with Crippen LogP contribution in [0.5, 0.6) is 17.2 Å². The molecule has 0 radical (unpaired) electrons. The van der Waals surface area contributed by atoms with Gasteiger partial charge in [0, 0.05) is 24.6 Å². The molecular weight excluding hydrogens is 705 g/mol. The lowest BCUT2D eigenvalue weighted by atomic mass is 10.1. The van der Waals surface area contributed by atoms with Crippen LogP contribution in [0.1, 0.15) is 103 Å². The second-order valence-corrected chi connectivity index (χ2v) is 13.8. The standard InChI is InChI=1S/C18H22O2.C17H20O3.C13H18O3/c1-15(19)8-4-2-3-7-13-20-18-12-11-16-9-5-6-10-17(16)14-18;18-17(19)12-3-1-2-6-13-20-16-11-7-9-14-8-4-5-10-15(14)16;14-13(15)10-6-1-2-7-11-16-12-8-4-3-5-9-12/h5-6,9-12,14H,2-4,7-8,13H2,1H3;4-5,7-11H,1-3,6,12-13H2,(H,18,19);3-5,8-9H,1-2,6-7,10-11H2,(H,14,15). The second kappa shape index (κ2) is 28.1. The number of Topliss-reactive ketones (excluding diaryl/α,β-unsaturated/α-hetero) is 1. The van der Waals surface area contributed by atoms with Crippen LogP contribution in [0.4, 0.5) is 0 Å². The Morgan fingerprint density at radius 2 is 0.911 bits per heavy atom. The van der Waals surface area contributed by atoms with Crippen LogP contribution < -0.4 is 14.2 Å². The molecule has 0 aliphatic carbocycles. The maximum absolute atomic E-state index is 10.8. The van der Waals surface area contributed by atoms with Crippen LogP contribution in [0, 0.1) is 0 Å². The number of unbranched alkanes of at least 4 members (excludes halogenated alkanes) is 9. The van der Waals surface area contributed by atoms with Gasteiger partial charge in [-0.3, -0.25) is 9.59 Å². The van der Waals surface area contributed by atoms with Crippen LogP contribution >= 0.6 is 0 Å². The summed E-state index contributed by atoms with van der Waals surface area (Å²) in [6, 6.07) is 38.5. The first kappa shape index (κ1) is 45.0. The lowest BCUT2D eigenvalue weighted by Gasteiger charge is -2.09. The van der Waals surface area contributed by atoms with E-state index in [4.69, 9.17) is 24.4 Å². The highest BCUT2D eigenvalue weighted by Gasteiger charge is 2.02. The fourth-order valence-electron chi connectivity index (χ4n) is 5.95. The van der Waals surface area contributed by atoms with Crippen molar-refractivity contribution in [3.05, 3.63) is 115 Å². The number of benzene rings is 5. The fourth-order valence-corrected chi connectivity index (χ4v) is 5.95. The van der Waals surface area contributed by atoms with Crippen molar-refractivity contribution in [1.29, 1.82) is 0 Å². The molecular formula is C48H60O8. The molecule has 5 aromatic carbocycles. The summed E-state index contributed by atoms with van der Waals surface area (Å²) in [6.45, 7) is 3.79. The number of carbonyl (C=O) groups excluding carboxylic acids is 1. The largest absolute Gasteiger partial charge is 0.494 e. The quantitative estimate of drug-likeness (QED) is 0.0596. The average molecular weight is 765 g/mol. The maximum Gasteiger partial charge on any atom is 0.303 e. The number of carbonyl (C=O) groups is 3. The van der Waals surface area contributed by atoms with Crippen molar-refractivity contribution < 1.29 is 38.8 Å². The number of carboxylic acids is 2. The number of ether oxygens (including phenoxy) is 3. The molecule has 8 nitrogen and oxygen atoms in total. The summed E-state index contributed by atoms with van der Waals surface area (Å²) in [6.07, 6.45) is 13.0. The molecule has 5 rings (SSSR count). The minimum absolute atomic E-state index is 0.268. The molecule has 0 heterocycles. The smallest absolute Gasteiger partial charge is 0.303 e. The van der Waals surface area contributed by atoms with E-state index in [0.29, 0.717) is 19.6 Å². The molecule has 0 aromatic heterocycles. The van der Waals surface area contributed by atoms with Gasteiger partial charge in [0.2, 0.25) is 0 Å². The molecule has 5 aromatic rings. The van der Waals surface area contributed by atoms with E-state index in [-0.39, 0.29) is 18.6 Å². The molecule has 0 aliphatic heterocycles. The predicted molar refractivity (Wildman–Crippen MR) is 226 cm³/mol. The Kier molecular flexibility index (Phi) is 22.6. The van der Waals surface area contributed by atoms with Gasteiger partial charge in [-0.05, 0) is 91.9 Å². The minimum atomic E-state index is -0.711. The fraction of sp³-hybridized carbons (Fsp3) is 0.396. The third kappa shape index (κ3) is 20.3. The van der Waals surface area contributed by atoms with Crippen molar-refractivity contribution in [2.75, 3.05) is 19.8 Å². The van der Waals surface area contributed by atoms with Crippen LogP contribution in [-0.2, 0) is 14.4 Å². The SMILES string of the molecule is CC(=O)CCCCCCOc1ccc2ccccc2c1.O=C(O)CCCCCCOc1cccc2ccccc12.O=C(O)CCCCCCOc1ccccc1. The van der Waals surface area contributed by atoms with Gasteiger partial charge < -0.3 is 29.2 Å². The van der Waals surface area contributed by atoms with E-state index in [0.717, 1.165) is 106 Å². The number of hydrogen-bond donors (Lipinski definition) is 2. The summed E-state index contributed by atoms with van der Waals surface area (Å²) in [7, 11) is 0. The Hall–Kier alpha value is -5.37. The topological polar surface area (TPSA) is 119 Å². The Bertz CT molecular complexity index is 1830. The van der Waals surface area contributed by atoms with Gasteiger partial charge in [0.1, 0.15) is 23.0 Å². The predicted octanol–water partition coefficient (Wildman–Crippen LogP) is 12.1. The summed E-state index contributed by atoms with van der Waals surface area (Å²) in [5.41, 5.74) is 0. The van der Waals surface area contributed by atoms with Crippen molar-refractivity contribution in [1.82, 2.24) is 0 Å². The van der Waals surface area contributed by atoms with Crippen LogP contribution in [-0.4, -0.2) is 47.8 Å². The van der Waals surface area contributed by atoms with Gasteiger partial charge >= 0.3 is 11.9 Å². The zero-order valence-corrected chi connectivity index (χ0v) is 33.0. The highest BCUT2D eigenvalue weighted by atomic mass is 16.5. The Labute approximate surface area is 332 Å². The first-order valence-corrected chi connectivity index (χ1v) is 20.1. The minimum Gasteiger partial charge on any atom is -0.494 e. The average Bonchev–Trinajstić information content (AvgIpc) is 3.20. The molecule has 0 bridgehead atoms. The van der Waals surface area contributed by atoms with E-state index < -0.39 is 11.9 Å². The van der Waals surface area contributed by atoms with E-state index in [2.05, 4.69) is 42.5 Å². The van der Waals surface area contributed by atoms with E-state index in [9.17, 15) is 14.4 Å². The zero-order chi connectivity index (χ0) is 40.1. The van der Waals surface area contributed by atoms with Crippen LogP contribution in [0.2, 0.25) is 0 Å². The molecule has 8 heteroatoms. The summed E-state index contributed by atoms with van der Waals surface area (Å²) in [5.74, 6) is 1.63. The third-order valence-electron chi connectivity index (χ3n) is 9.00. The van der Waals surface area contributed by atoms with Crippen LogP contribution in [0.15, 0.2) is 115 Å². The first-order chi connectivity index (χ1) is 27.3. The van der Waals surface area contributed by atoms with Gasteiger partial charge in [0.05, 0.1) is 19.8 Å². The van der Waals surface area contributed by atoms with Crippen LogP contribution in [0.3, 0.4) is 0 Å². The molecule has 0 amide bonds. The number of hydrogen-bond acceptors (Lipinski definition) is 6. The lowest BCUT2D eigenvalue weighted by molar-refractivity contribution is -0.138. The molecule has 2 N–H and O–H groups in total. The summed E-state index contributed by atoms with van der Waals surface area (Å²) in [5, 5.41) is 21.8. The number of ketones is 1. The molecule has 300 valence electrons. The molecule has 0 aliphatic rings. The summed E-state index contributed by atoms with van der Waals surface area (Å²) >= 11 is 0. The molecule has 0 fully saturated rings. The number of carboxylic acid groups (broad SMARTS) is 2. The summed E-state index contributed by atoms with van der Waals surface area (Å²) in [4.78, 5) is 31.4. The zero-order valence-electron chi connectivity index (χ0n) is 33.0. The summed E-state index contributed by atoms with van der Waals surface area (Å²) < 4.78 is 17.1. The van der Waals surface area contributed by atoms with E-state index in [1.165, 1.54) is 16.2 Å². The highest BCUT2D eigenvalue weighted by molar-refractivity contribution is 5.88. The lowest BCUT2D eigenvalue weighted by Crippen LogP contribution is -1.98. The number of fused-ring (bicyclic) bond motifs is 2. The van der Waals surface area contributed by atoms with Gasteiger partial charge in [-0.2, -0.15) is 0 Å². The molecule has 0 unspecified atom stereocenters. The first-order valence-electron chi connectivity index (χ1n) is 20.1. The van der Waals surface area contributed by atoms with Gasteiger partial charge in [-0.25, -0.2) is 0 Å². The maximum atomic E-state index is 10.8. The van der Waals surface area contributed by atoms with Crippen molar-refractivity contribution in [2.45, 2.75) is 103 Å². The number of aliphatic carboxylic acids is 2. The Morgan fingerprint density at radius 3 is 1.52 bits per heavy atom. The molecule has 0 atom stereocenters. The Morgan fingerprint density at radius 1 is 0.429 bits per heavy atom. The van der Waals surface area contributed by atoms with Crippen molar-refractivity contribution in [3.63, 3.8) is 0 Å². The highest BCUT2D eigenvalue weighted by Crippen LogP contribution is 2.25. The number of para-hydroxylation sites is 1. The normalized spacial score (nSPS) is 10.4. The second-order valence-electron chi connectivity index (χ2n) is 13.8. The number of rotatable bonds is 24. The van der Waals surface area contributed by atoms with Gasteiger partial charge in [-0.1, -0.05) is 123 Å². The molecule has 0 saturated carbocycles. The van der Waals surface area contributed by atoms with E-state index in [1.54, 1.807) is 6.92 Å². The van der Waals surface area contributed by atoms with Crippen LogP contribution in [0.25, 0.3) is 21.5 Å². The van der Waals surface area contributed by atoms with Gasteiger partial charge in [-0.15, -0.1) is 0 Å². The van der Waals surface area contributed by atoms with Gasteiger partial charge in [0.15, 0.2) is 0 Å². The van der Waals surface area contributed by atoms with E-state index in [1.807, 2.05) is 72.8 Å². The van der Waals surface area contributed by atoms with Crippen molar-refractivity contribution in [2.24, 2.45) is 0 Å². The molecule has 56 heavy (non-hydrogen) atoms. The van der Waals surface area contributed by atoms with Crippen molar-refractivity contribution >= 4 is 39.3 Å². The van der Waals surface area contributed by atoms with Crippen molar-refractivity contribution in [3.8, 4) is 17.2 Å². The third-order valence-corrected chi connectivity index (χ3v) is 9.00. The molecule has 0 spiro atoms. The monoisotopic (exact) mass is 764 g/mol. The Balaban J connectivity index is 0.000000227. The van der Waals surface area contributed by atoms with E-state index >= 15 is 0 Å². The van der Waals surface area contributed by atoms with Gasteiger partial charge in [0.25, 0.3) is 0 Å².